The van der Waals surface area contributed by atoms with E-state index in [0.717, 1.165) is 36.5 Å². The van der Waals surface area contributed by atoms with Crippen molar-refractivity contribution in [2.45, 2.75) is 156 Å². The van der Waals surface area contributed by atoms with Gasteiger partial charge in [0.05, 0.1) is 12.4 Å². The van der Waals surface area contributed by atoms with Crippen molar-refractivity contribution in [3.63, 3.8) is 0 Å². The number of aromatic nitrogens is 4. The predicted molar refractivity (Wildman–Crippen MR) is 189 cm³/mol. The molecule has 8 heteroatoms. The minimum Gasteiger partial charge on any atom is -0.388 e. The van der Waals surface area contributed by atoms with Gasteiger partial charge in [0.15, 0.2) is 17.7 Å². The number of aliphatic hydroxyl groups excluding tert-OH is 2. The quantitative estimate of drug-likeness (QED) is 0.298. The molecule has 0 spiro atoms. The van der Waals surface area contributed by atoms with Crippen molar-refractivity contribution in [1.29, 1.82) is 0 Å². The van der Waals surface area contributed by atoms with Gasteiger partial charge in [0.25, 0.3) is 0 Å². The molecule has 0 bridgehead atoms. The summed E-state index contributed by atoms with van der Waals surface area (Å²) in [4.78, 5) is 12.7. The first-order valence-electron chi connectivity index (χ1n) is 19.6. The molecule has 0 aromatic carbocycles. The van der Waals surface area contributed by atoms with E-state index >= 15 is 0 Å². The summed E-state index contributed by atoms with van der Waals surface area (Å²) in [5, 5.41) is 22.1. The van der Waals surface area contributed by atoms with Crippen LogP contribution >= 0.6 is 0 Å². The largest absolute Gasteiger partial charge is 0.388 e. The summed E-state index contributed by atoms with van der Waals surface area (Å²) in [6, 6.07) is 0. The SMILES string of the molecule is CC(CCC1OC(n2cnc3c(N)ncnc32)C(O)C1O)C1CC2CCC3(C)C(CCC4C5(C)CCCC(C)(C)C5CCC43C)C2(C)C1. The van der Waals surface area contributed by atoms with Crippen molar-refractivity contribution in [1.82, 2.24) is 19.5 Å². The minimum absolute atomic E-state index is 0.292. The molecule has 48 heavy (non-hydrogen) atoms. The van der Waals surface area contributed by atoms with Gasteiger partial charge in [-0.1, -0.05) is 54.9 Å². The maximum absolute atomic E-state index is 11.1. The second-order valence-corrected chi connectivity index (χ2v) is 19.6. The maximum atomic E-state index is 11.1. The smallest absolute Gasteiger partial charge is 0.167 e. The van der Waals surface area contributed by atoms with Gasteiger partial charge in [-0.05, 0) is 140 Å². The van der Waals surface area contributed by atoms with E-state index in [1.807, 2.05) is 0 Å². The second kappa shape index (κ2) is 11.1. The fraction of sp³-hybridized carbons (Fsp3) is 0.875. The molecule has 1 saturated heterocycles. The van der Waals surface area contributed by atoms with Crippen molar-refractivity contribution in [2.24, 2.45) is 62.6 Å². The number of aliphatic hydroxyl groups is 2. The number of anilines is 1. The molecule has 3 heterocycles. The van der Waals surface area contributed by atoms with Crippen molar-refractivity contribution in [3.05, 3.63) is 12.7 Å². The third-order valence-corrected chi connectivity index (χ3v) is 17.4. The van der Waals surface area contributed by atoms with E-state index in [4.69, 9.17) is 10.5 Å². The Kier molecular flexibility index (Phi) is 7.73. The summed E-state index contributed by atoms with van der Waals surface area (Å²) in [7, 11) is 0. The van der Waals surface area contributed by atoms with Gasteiger partial charge in [-0.25, -0.2) is 15.0 Å². The Balaban J connectivity index is 0.952. The van der Waals surface area contributed by atoms with E-state index in [2.05, 4.69) is 63.4 Å². The predicted octanol–water partition coefficient (Wildman–Crippen LogP) is 7.94. The van der Waals surface area contributed by atoms with Crippen molar-refractivity contribution in [2.75, 3.05) is 5.73 Å². The van der Waals surface area contributed by atoms with E-state index in [9.17, 15) is 10.2 Å². The first kappa shape index (κ1) is 33.4. The van der Waals surface area contributed by atoms with Crippen molar-refractivity contribution in [3.8, 4) is 0 Å². The molecule has 266 valence electrons. The molecule has 4 N–H and O–H groups in total. The number of rotatable bonds is 5. The number of fused-ring (bicyclic) bond motifs is 8. The highest BCUT2D eigenvalue weighted by atomic mass is 16.6. The van der Waals surface area contributed by atoms with E-state index < -0.39 is 24.5 Å². The van der Waals surface area contributed by atoms with Crippen LogP contribution in [0.5, 0.6) is 0 Å². The van der Waals surface area contributed by atoms with Crippen LogP contribution in [-0.4, -0.2) is 48.0 Å². The van der Waals surface area contributed by atoms with Gasteiger partial charge in [0.1, 0.15) is 24.1 Å². The van der Waals surface area contributed by atoms with E-state index in [1.165, 1.54) is 77.0 Å². The molecule has 14 unspecified atom stereocenters. The molecule has 6 aliphatic rings. The van der Waals surface area contributed by atoms with Gasteiger partial charge >= 0.3 is 0 Å². The lowest BCUT2D eigenvalue weighted by molar-refractivity contribution is -0.239. The first-order chi connectivity index (χ1) is 22.6. The molecule has 8 rings (SSSR count). The minimum atomic E-state index is -1.06. The molecular weight excluding hydrogens is 598 g/mol. The normalized spacial score (nSPS) is 48.8. The molecule has 6 fully saturated rings. The summed E-state index contributed by atoms with van der Waals surface area (Å²) in [6.45, 7) is 18.6. The molecule has 8 nitrogen and oxygen atoms in total. The van der Waals surface area contributed by atoms with Crippen LogP contribution in [0.15, 0.2) is 12.7 Å². The third-order valence-electron chi connectivity index (χ3n) is 17.4. The van der Waals surface area contributed by atoms with Crippen LogP contribution in [0, 0.1) is 62.6 Å². The Hall–Kier alpha value is -1.77. The summed E-state index contributed by atoms with van der Waals surface area (Å²) >= 11 is 0. The molecular formula is C40H63N5O3. The zero-order valence-electron chi connectivity index (χ0n) is 30.8. The highest BCUT2D eigenvalue weighted by molar-refractivity contribution is 5.81. The number of nitrogen functional groups attached to an aromatic ring is 1. The van der Waals surface area contributed by atoms with Crippen LogP contribution in [0.3, 0.4) is 0 Å². The molecule has 5 aliphatic carbocycles. The maximum Gasteiger partial charge on any atom is 0.167 e. The number of nitrogens with zero attached hydrogens (tertiary/aromatic N) is 4. The van der Waals surface area contributed by atoms with E-state index in [-0.39, 0.29) is 0 Å². The number of ether oxygens (including phenoxy) is 1. The zero-order chi connectivity index (χ0) is 34.0. The molecule has 1 aliphatic heterocycles. The Labute approximate surface area is 288 Å². The average Bonchev–Trinajstić information content (AvgIpc) is 3.70. The van der Waals surface area contributed by atoms with Gasteiger partial charge in [0, 0.05) is 0 Å². The lowest BCUT2D eigenvalue weighted by atomic mass is 9.32. The Bertz CT molecular complexity index is 1540. The summed E-state index contributed by atoms with van der Waals surface area (Å²) in [6.07, 6.45) is 17.0. The summed E-state index contributed by atoms with van der Waals surface area (Å²) in [5.41, 5.74) is 9.25. The topological polar surface area (TPSA) is 119 Å². The molecule has 5 saturated carbocycles. The van der Waals surface area contributed by atoms with Crippen LogP contribution in [0.4, 0.5) is 5.82 Å². The van der Waals surface area contributed by atoms with Gasteiger partial charge in [-0.15, -0.1) is 0 Å². The second-order valence-electron chi connectivity index (χ2n) is 19.6. The van der Waals surface area contributed by atoms with Crippen LogP contribution in [-0.2, 0) is 4.74 Å². The van der Waals surface area contributed by atoms with Crippen LogP contribution in [0.2, 0.25) is 0 Å². The highest BCUT2D eigenvalue weighted by Gasteiger charge is 2.70. The fourth-order valence-corrected chi connectivity index (χ4v) is 14.7. The average molecular weight is 662 g/mol. The monoisotopic (exact) mass is 661 g/mol. The summed E-state index contributed by atoms with van der Waals surface area (Å²) in [5.74, 6) is 4.94. The fourth-order valence-electron chi connectivity index (χ4n) is 14.7. The number of hydrogen-bond donors (Lipinski definition) is 3. The number of imidazole rings is 1. The van der Waals surface area contributed by atoms with Crippen molar-refractivity contribution < 1.29 is 14.9 Å². The summed E-state index contributed by atoms with van der Waals surface area (Å²) < 4.78 is 8.01. The van der Waals surface area contributed by atoms with Crippen molar-refractivity contribution >= 4 is 17.0 Å². The van der Waals surface area contributed by atoms with Crippen LogP contribution in [0.1, 0.15) is 138 Å². The van der Waals surface area contributed by atoms with E-state index in [1.54, 1.807) is 10.9 Å². The van der Waals surface area contributed by atoms with Gasteiger partial charge < -0.3 is 20.7 Å². The molecule has 2 aromatic heterocycles. The highest BCUT2D eigenvalue weighted by Crippen LogP contribution is 2.78. The molecule has 0 radical (unpaired) electrons. The van der Waals surface area contributed by atoms with Gasteiger partial charge in [-0.2, -0.15) is 0 Å². The molecule has 2 aromatic rings. The lowest BCUT2D eigenvalue weighted by Crippen LogP contribution is -2.65. The van der Waals surface area contributed by atoms with Crippen LogP contribution in [0.25, 0.3) is 11.2 Å². The van der Waals surface area contributed by atoms with Gasteiger partial charge in [-0.3, -0.25) is 4.57 Å². The Morgan fingerprint density at radius 3 is 2.33 bits per heavy atom. The Morgan fingerprint density at radius 2 is 1.58 bits per heavy atom. The third kappa shape index (κ3) is 4.52. The standard InChI is InChI=1S/C40H63N5O3/c1-23(9-10-26-31(46)32(47)35(48-26)45-22-44-30-33(41)42-21-43-34(30)45)24-19-25-13-17-39(6)29(38(25,5)20-24)12-11-28-37(4)16-8-15-36(2,3)27(37)14-18-40(28,39)7/h21-29,31-32,35,46-47H,8-20H2,1-7H3,(H2,41,42,43). The molecule has 0 amide bonds. The molecule has 14 atom stereocenters. The number of nitrogens with two attached hydrogens (primary N) is 1. The zero-order valence-corrected chi connectivity index (χ0v) is 30.8. The lowest BCUT2D eigenvalue weighted by Gasteiger charge is -2.73. The van der Waals surface area contributed by atoms with E-state index in [0.29, 0.717) is 55.9 Å². The van der Waals surface area contributed by atoms with Crippen LogP contribution < -0.4 is 5.73 Å². The number of hydrogen-bond acceptors (Lipinski definition) is 7. The Morgan fingerprint density at radius 1 is 0.875 bits per heavy atom. The first-order valence-corrected chi connectivity index (χ1v) is 19.6. The van der Waals surface area contributed by atoms with Gasteiger partial charge in [0.2, 0.25) is 0 Å².